The summed E-state index contributed by atoms with van der Waals surface area (Å²) in [5, 5.41) is 0.163. The highest BCUT2D eigenvalue weighted by Gasteiger charge is 2.41. The Labute approximate surface area is 207 Å². The van der Waals surface area contributed by atoms with Gasteiger partial charge in [0.05, 0.1) is 37.8 Å². The van der Waals surface area contributed by atoms with Crippen LogP contribution < -0.4 is 9.64 Å². The molecule has 3 saturated heterocycles. The molecule has 0 atom stereocenters. The maximum Gasteiger partial charge on any atom is 0.257 e. The third kappa shape index (κ3) is 4.38. The van der Waals surface area contributed by atoms with E-state index < -0.39 is 33.2 Å². The lowest BCUT2D eigenvalue weighted by molar-refractivity contribution is -0.169. The normalized spacial score (nSPS) is 20.9. The number of fused-ring (bicyclic) bond motifs is 1. The lowest BCUT2D eigenvalue weighted by atomic mass is 9.99. The van der Waals surface area contributed by atoms with Gasteiger partial charge in [0.1, 0.15) is 5.52 Å². The van der Waals surface area contributed by atoms with E-state index >= 15 is 4.39 Å². The number of hydrogen-bond donors (Lipinski definition) is 0. The summed E-state index contributed by atoms with van der Waals surface area (Å²) in [7, 11) is -2.19. The van der Waals surface area contributed by atoms with Crippen LogP contribution in [0.15, 0.2) is 12.3 Å². The summed E-state index contributed by atoms with van der Waals surface area (Å²) in [5.74, 6) is -3.43. The van der Waals surface area contributed by atoms with E-state index in [-0.39, 0.29) is 48.6 Å². The average Bonchev–Trinajstić information content (AvgIpc) is 3.31. The van der Waals surface area contributed by atoms with Crippen molar-refractivity contribution in [2.75, 3.05) is 70.7 Å². The number of benzene rings is 1. The highest BCUT2D eigenvalue weighted by Crippen LogP contribution is 2.40. The molecule has 36 heavy (non-hydrogen) atoms. The lowest BCUT2D eigenvalue weighted by Crippen LogP contribution is -2.50. The van der Waals surface area contributed by atoms with Gasteiger partial charge >= 0.3 is 0 Å². The van der Waals surface area contributed by atoms with Gasteiger partial charge in [0.2, 0.25) is 10.0 Å². The first-order chi connectivity index (χ1) is 17.1. The van der Waals surface area contributed by atoms with Gasteiger partial charge in [-0.2, -0.15) is 4.31 Å². The van der Waals surface area contributed by atoms with Crippen LogP contribution in [0.4, 0.5) is 14.5 Å². The zero-order valence-electron chi connectivity index (χ0n) is 20.1. The number of pyridine rings is 1. The molecular formula is C23H28F2N4O6S. The van der Waals surface area contributed by atoms with Crippen LogP contribution in [-0.4, -0.2) is 100 Å². The molecule has 10 nitrogen and oxygen atoms in total. The number of aromatic nitrogens is 1. The predicted octanol–water partition coefficient (Wildman–Crippen LogP) is 1.58. The Balaban J connectivity index is 1.54. The van der Waals surface area contributed by atoms with Crippen LogP contribution in [0.5, 0.6) is 5.75 Å². The largest absolute Gasteiger partial charge is 0.491 e. The SMILES string of the molecule is COc1c(F)cc2c(N3CCC4(CC3)OCCO4)c(C(=O)N3CCN(S(C)(=O)=O)CC3)cnc2c1F. The molecule has 196 valence electrons. The summed E-state index contributed by atoms with van der Waals surface area (Å²) >= 11 is 0. The molecule has 3 fully saturated rings. The highest BCUT2D eigenvalue weighted by molar-refractivity contribution is 7.88. The van der Waals surface area contributed by atoms with Gasteiger partial charge in [-0.25, -0.2) is 17.2 Å². The smallest absolute Gasteiger partial charge is 0.257 e. The highest BCUT2D eigenvalue weighted by atomic mass is 32.2. The fourth-order valence-electron chi connectivity index (χ4n) is 5.17. The Hall–Kier alpha value is -2.61. The number of sulfonamides is 1. The molecule has 1 amide bonds. The van der Waals surface area contributed by atoms with E-state index in [1.807, 2.05) is 4.90 Å². The van der Waals surface area contributed by atoms with Crippen LogP contribution >= 0.6 is 0 Å². The Bertz CT molecular complexity index is 1280. The van der Waals surface area contributed by atoms with Crippen LogP contribution in [0.3, 0.4) is 0 Å². The maximum absolute atomic E-state index is 15.1. The molecule has 0 unspecified atom stereocenters. The number of nitrogens with zero attached hydrogens (tertiary/aromatic N) is 4. The molecule has 13 heteroatoms. The Morgan fingerprint density at radius 2 is 1.72 bits per heavy atom. The first-order valence-electron chi connectivity index (χ1n) is 11.8. The Morgan fingerprint density at radius 1 is 1.08 bits per heavy atom. The monoisotopic (exact) mass is 526 g/mol. The van der Waals surface area contributed by atoms with E-state index in [9.17, 15) is 17.6 Å². The summed E-state index contributed by atoms with van der Waals surface area (Å²) < 4.78 is 71.5. The summed E-state index contributed by atoms with van der Waals surface area (Å²) in [6, 6.07) is 1.14. The molecule has 1 aromatic heterocycles. The number of methoxy groups -OCH3 is 1. The average molecular weight is 527 g/mol. The van der Waals surface area contributed by atoms with Gasteiger partial charge < -0.3 is 24.0 Å². The Kier molecular flexibility index (Phi) is 6.52. The molecule has 0 N–H and O–H groups in total. The van der Waals surface area contributed by atoms with E-state index in [1.54, 1.807) is 4.90 Å². The molecule has 0 bridgehead atoms. The molecule has 2 aromatic rings. The topological polar surface area (TPSA) is 102 Å². The van der Waals surface area contributed by atoms with Gasteiger partial charge in [-0.15, -0.1) is 0 Å². The molecule has 0 aliphatic carbocycles. The van der Waals surface area contributed by atoms with Crippen molar-refractivity contribution in [1.82, 2.24) is 14.2 Å². The van der Waals surface area contributed by atoms with Gasteiger partial charge in [-0.05, 0) is 6.07 Å². The number of halogens is 2. The second-order valence-electron chi connectivity index (χ2n) is 9.17. The summed E-state index contributed by atoms with van der Waals surface area (Å²) in [6.07, 6.45) is 3.49. The molecule has 4 heterocycles. The van der Waals surface area contributed by atoms with E-state index in [2.05, 4.69) is 4.98 Å². The van der Waals surface area contributed by atoms with Crippen LogP contribution in [-0.2, 0) is 19.5 Å². The fourth-order valence-corrected chi connectivity index (χ4v) is 5.99. The fraction of sp³-hybridized carbons (Fsp3) is 0.565. The number of rotatable bonds is 4. The van der Waals surface area contributed by atoms with E-state index in [0.717, 1.165) is 12.3 Å². The number of carbonyl (C=O) groups excluding carboxylic acids is 1. The quantitative estimate of drug-likeness (QED) is 0.592. The van der Waals surface area contributed by atoms with Crippen molar-refractivity contribution in [1.29, 1.82) is 0 Å². The first-order valence-corrected chi connectivity index (χ1v) is 13.6. The predicted molar refractivity (Wildman–Crippen MR) is 127 cm³/mol. The third-order valence-electron chi connectivity index (χ3n) is 7.07. The molecular weight excluding hydrogens is 498 g/mol. The number of anilines is 1. The molecule has 3 aliphatic heterocycles. The minimum Gasteiger partial charge on any atom is -0.491 e. The summed E-state index contributed by atoms with van der Waals surface area (Å²) in [5.41, 5.74) is 0.475. The van der Waals surface area contributed by atoms with Crippen molar-refractivity contribution < 1.29 is 36.2 Å². The van der Waals surface area contributed by atoms with Crippen molar-refractivity contribution in [2.45, 2.75) is 18.6 Å². The van der Waals surface area contributed by atoms with E-state index in [4.69, 9.17) is 14.2 Å². The minimum atomic E-state index is -3.37. The number of piperazine rings is 1. The van der Waals surface area contributed by atoms with Gasteiger partial charge in [0.25, 0.3) is 5.91 Å². The summed E-state index contributed by atoms with van der Waals surface area (Å²) in [4.78, 5) is 21.3. The van der Waals surface area contributed by atoms with Crippen molar-refractivity contribution in [3.63, 3.8) is 0 Å². The zero-order valence-corrected chi connectivity index (χ0v) is 20.9. The van der Waals surface area contributed by atoms with Crippen LogP contribution in [0.1, 0.15) is 23.2 Å². The maximum atomic E-state index is 15.1. The molecule has 1 spiro atoms. The van der Waals surface area contributed by atoms with Crippen molar-refractivity contribution in [2.24, 2.45) is 0 Å². The van der Waals surface area contributed by atoms with Gasteiger partial charge in [0, 0.05) is 63.7 Å². The van der Waals surface area contributed by atoms with Crippen LogP contribution in [0, 0.1) is 11.6 Å². The third-order valence-corrected chi connectivity index (χ3v) is 8.37. The van der Waals surface area contributed by atoms with Crippen LogP contribution in [0.25, 0.3) is 10.9 Å². The molecule has 0 radical (unpaired) electrons. The number of hydrogen-bond acceptors (Lipinski definition) is 8. The molecule has 3 aliphatic rings. The van der Waals surface area contributed by atoms with E-state index in [0.29, 0.717) is 44.8 Å². The molecule has 1 aromatic carbocycles. The van der Waals surface area contributed by atoms with Crippen LogP contribution in [0.2, 0.25) is 0 Å². The Morgan fingerprint density at radius 3 is 2.31 bits per heavy atom. The standard InChI is InChI=1S/C23H28F2N4O6S/c1-33-21-17(24)13-15-19(18(21)25)26-14-16(22(30)28-7-9-29(10-8-28)36(2,31)32)20(15)27-5-3-23(4-6-27)34-11-12-35-23/h13-14H,3-12H2,1-2H3. The van der Waals surface area contributed by atoms with Crippen molar-refractivity contribution in [3.8, 4) is 5.75 Å². The first kappa shape index (κ1) is 25.1. The number of piperidine rings is 1. The van der Waals surface area contributed by atoms with Crippen molar-refractivity contribution >= 4 is 32.5 Å². The second kappa shape index (κ2) is 9.36. The molecule has 0 saturated carbocycles. The van der Waals surface area contributed by atoms with Gasteiger partial charge in [-0.3, -0.25) is 9.78 Å². The van der Waals surface area contributed by atoms with Crippen molar-refractivity contribution in [3.05, 3.63) is 29.5 Å². The zero-order chi connectivity index (χ0) is 25.7. The summed E-state index contributed by atoms with van der Waals surface area (Å²) in [6.45, 7) is 2.63. The lowest BCUT2D eigenvalue weighted by Gasteiger charge is -2.40. The number of ether oxygens (including phenoxy) is 3. The minimum absolute atomic E-state index is 0.102. The number of carbonyl (C=O) groups is 1. The van der Waals surface area contributed by atoms with Gasteiger partial charge in [-0.1, -0.05) is 0 Å². The number of amides is 1. The van der Waals surface area contributed by atoms with E-state index in [1.165, 1.54) is 17.6 Å². The molecule has 5 rings (SSSR count). The van der Waals surface area contributed by atoms with Gasteiger partial charge in [0.15, 0.2) is 23.2 Å². The second-order valence-corrected chi connectivity index (χ2v) is 11.2.